The predicted molar refractivity (Wildman–Crippen MR) is 71.7 cm³/mol. The van der Waals surface area contributed by atoms with Crippen molar-refractivity contribution in [2.45, 2.75) is 33.2 Å². The lowest BCUT2D eigenvalue weighted by atomic mass is 10.2. The molecular formula is C13H21ClN2. The van der Waals surface area contributed by atoms with Crippen LogP contribution < -0.4 is 5.73 Å². The van der Waals surface area contributed by atoms with Crippen molar-refractivity contribution >= 4 is 17.3 Å². The Morgan fingerprint density at radius 1 is 1.31 bits per heavy atom. The first-order valence-electron chi connectivity index (χ1n) is 5.93. The van der Waals surface area contributed by atoms with Crippen molar-refractivity contribution in [1.29, 1.82) is 0 Å². The van der Waals surface area contributed by atoms with E-state index in [-0.39, 0.29) is 0 Å². The molecule has 2 N–H and O–H groups in total. The average Bonchev–Trinajstić information content (AvgIpc) is 2.28. The van der Waals surface area contributed by atoms with Crippen LogP contribution in [0, 0.1) is 0 Å². The summed E-state index contributed by atoms with van der Waals surface area (Å²) in [5.74, 6) is 0. The molecule has 1 aromatic carbocycles. The fourth-order valence-corrected chi connectivity index (χ4v) is 1.86. The molecule has 90 valence electrons. The second kappa shape index (κ2) is 6.77. The van der Waals surface area contributed by atoms with E-state index in [1.54, 1.807) is 0 Å². The van der Waals surface area contributed by atoms with Crippen LogP contribution in [-0.4, -0.2) is 18.0 Å². The van der Waals surface area contributed by atoms with E-state index in [0.29, 0.717) is 0 Å². The maximum Gasteiger partial charge on any atom is 0.0452 e. The molecule has 1 aromatic rings. The summed E-state index contributed by atoms with van der Waals surface area (Å²) in [6.07, 6.45) is 2.45. The summed E-state index contributed by atoms with van der Waals surface area (Å²) in [6, 6.07) is 5.69. The maximum absolute atomic E-state index is 6.15. The number of hydrogen-bond donors (Lipinski definition) is 1. The maximum atomic E-state index is 6.15. The van der Waals surface area contributed by atoms with Gasteiger partial charge in [-0.05, 0) is 43.3 Å². The SMILES string of the molecule is CCCCN(CC)Cc1cc(N)ccc1Cl. The summed E-state index contributed by atoms with van der Waals surface area (Å²) in [5, 5.41) is 0.809. The Hall–Kier alpha value is -0.730. The third kappa shape index (κ3) is 4.03. The van der Waals surface area contributed by atoms with Crippen molar-refractivity contribution in [1.82, 2.24) is 4.90 Å². The van der Waals surface area contributed by atoms with Crippen LogP contribution in [0.1, 0.15) is 32.3 Å². The summed E-state index contributed by atoms with van der Waals surface area (Å²) in [5.41, 5.74) is 7.68. The highest BCUT2D eigenvalue weighted by Crippen LogP contribution is 2.20. The van der Waals surface area contributed by atoms with Crippen molar-refractivity contribution in [2.24, 2.45) is 0 Å². The van der Waals surface area contributed by atoms with Gasteiger partial charge in [-0.25, -0.2) is 0 Å². The summed E-state index contributed by atoms with van der Waals surface area (Å²) >= 11 is 6.15. The molecule has 0 fully saturated rings. The van der Waals surface area contributed by atoms with Gasteiger partial charge in [-0.3, -0.25) is 4.90 Å². The van der Waals surface area contributed by atoms with E-state index < -0.39 is 0 Å². The van der Waals surface area contributed by atoms with E-state index in [1.165, 1.54) is 12.8 Å². The zero-order valence-corrected chi connectivity index (χ0v) is 10.9. The number of anilines is 1. The standard InChI is InChI=1S/C13H21ClN2/c1-3-5-8-16(4-2)10-11-9-12(15)6-7-13(11)14/h6-7,9H,3-5,8,10,15H2,1-2H3. The predicted octanol–water partition coefficient (Wildman–Crippen LogP) is 3.54. The Kier molecular flexibility index (Phi) is 5.64. The molecule has 2 nitrogen and oxygen atoms in total. The van der Waals surface area contributed by atoms with Gasteiger partial charge in [0.25, 0.3) is 0 Å². The van der Waals surface area contributed by atoms with E-state index in [9.17, 15) is 0 Å². The molecule has 0 radical (unpaired) electrons. The van der Waals surface area contributed by atoms with Gasteiger partial charge in [-0.2, -0.15) is 0 Å². The molecule has 0 atom stereocenters. The van der Waals surface area contributed by atoms with E-state index in [0.717, 1.165) is 35.9 Å². The van der Waals surface area contributed by atoms with Crippen molar-refractivity contribution in [3.63, 3.8) is 0 Å². The van der Waals surface area contributed by atoms with Crippen molar-refractivity contribution in [2.75, 3.05) is 18.8 Å². The second-order valence-corrected chi connectivity index (χ2v) is 4.48. The van der Waals surface area contributed by atoms with E-state index in [1.807, 2.05) is 18.2 Å². The van der Waals surface area contributed by atoms with Crippen LogP contribution in [0.15, 0.2) is 18.2 Å². The van der Waals surface area contributed by atoms with Crippen LogP contribution in [0.25, 0.3) is 0 Å². The van der Waals surface area contributed by atoms with Gasteiger partial charge in [-0.1, -0.05) is 31.9 Å². The molecular weight excluding hydrogens is 220 g/mol. The molecule has 0 heterocycles. The van der Waals surface area contributed by atoms with Gasteiger partial charge in [0.2, 0.25) is 0 Å². The van der Waals surface area contributed by atoms with E-state index in [4.69, 9.17) is 17.3 Å². The highest BCUT2D eigenvalue weighted by Gasteiger charge is 2.06. The minimum Gasteiger partial charge on any atom is -0.399 e. The van der Waals surface area contributed by atoms with Crippen LogP contribution in [0.2, 0.25) is 5.02 Å². The Morgan fingerprint density at radius 2 is 2.06 bits per heavy atom. The van der Waals surface area contributed by atoms with Crippen LogP contribution in [-0.2, 0) is 6.54 Å². The fourth-order valence-electron chi connectivity index (χ4n) is 1.69. The zero-order valence-electron chi connectivity index (χ0n) is 10.2. The number of nitrogens with two attached hydrogens (primary N) is 1. The first kappa shape index (κ1) is 13.3. The fraction of sp³-hybridized carbons (Fsp3) is 0.538. The number of benzene rings is 1. The smallest absolute Gasteiger partial charge is 0.0452 e. The molecule has 1 rings (SSSR count). The molecule has 0 spiro atoms. The van der Waals surface area contributed by atoms with Gasteiger partial charge in [0, 0.05) is 17.3 Å². The lowest BCUT2D eigenvalue weighted by Gasteiger charge is -2.20. The van der Waals surface area contributed by atoms with Crippen molar-refractivity contribution in [3.8, 4) is 0 Å². The Balaban J connectivity index is 2.65. The molecule has 3 heteroatoms. The zero-order chi connectivity index (χ0) is 12.0. The van der Waals surface area contributed by atoms with Crippen LogP contribution in [0.3, 0.4) is 0 Å². The number of unbranched alkanes of at least 4 members (excludes halogenated alkanes) is 1. The number of hydrogen-bond acceptors (Lipinski definition) is 2. The normalized spacial score (nSPS) is 11.0. The highest BCUT2D eigenvalue weighted by molar-refractivity contribution is 6.31. The lowest BCUT2D eigenvalue weighted by Crippen LogP contribution is -2.24. The first-order chi connectivity index (χ1) is 7.67. The topological polar surface area (TPSA) is 29.3 Å². The Labute approximate surface area is 103 Å². The van der Waals surface area contributed by atoms with Crippen molar-refractivity contribution < 1.29 is 0 Å². The largest absolute Gasteiger partial charge is 0.399 e. The molecule has 0 aliphatic rings. The molecule has 0 aliphatic heterocycles. The quantitative estimate of drug-likeness (QED) is 0.771. The van der Waals surface area contributed by atoms with Crippen LogP contribution in [0.5, 0.6) is 0 Å². The van der Waals surface area contributed by atoms with Crippen LogP contribution in [0.4, 0.5) is 5.69 Å². The molecule has 0 unspecified atom stereocenters. The van der Waals surface area contributed by atoms with Gasteiger partial charge in [0.1, 0.15) is 0 Å². The number of halogens is 1. The number of nitrogens with zero attached hydrogens (tertiary/aromatic N) is 1. The van der Waals surface area contributed by atoms with Crippen molar-refractivity contribution in [3.05, 3.63) is 28.8 Å². The number of nitrogen functional groups attached to an aromatic ring is 1. The molecule has 0 aliphatic carbocycles. The minimum absolute atomic E-state index is 0.783. The average molecular weight is 241 g/mol. The molecule has 0 saturated heterocycles. The summed E-state index contributed by atoms with van der Waals surface area (Å²) in [4.78, 5) is 2.39. The molecule has 0 saturated carbocycles. The third-order valence-electron chi connectivity index (χ3n) is 2.74. The Morgan fingerprint density at radius 3 is 2.69 bits per heavy atom. The summed E-state index contributed by atoms with van der Waals surface area (Å²) < 4.78 is 0. The monoisotopic (exact) mass is 240 g/mol. The summed E-state index contributed by atoms with van der Waals surface area (Å²) in [6.45, 7) is 7.45. The minimum atomic E-state index is 0.783. The molecule has 0 amide bonds. The molecule has 16 heavy (non-hydrogen) atoms. The lowest BCUT2D eigenvalue weighted by molar-refractivity contribution is 0.275. The first-order valence-corrected chi connectivity index (χ1v) is 6.31. The van der Waals surface area contributed by atoms with Gasteiger partial charge < -0.3 is 5.73 Å². The van der Waals surface area contributed by atoms with E-state index >= 15 is 0 Å². The van der Waals surface area contributed by atoms with Gasteiger partial charge >= 0.3 is 0 Å². The van der Waals surface area contributed by atoms with E-state index in [2.05, 4.69) is 18.7 Å². The van der Waals surface area contributed by atoms with Gasteiger partial charge in [0.05, 0.1) is 0 Å². The molecule has 0 aromatic heterocycles. The second-order valence-electron chi connectivity index (χ2n) is 4.07. The number of rotatable bonds is 6. The van der Waals surface area contributed by atoms with Crippen LogP contribution >= 0.6 is 11.6 Å². The summed E-state index contributed by atoms with van der Waals surface area (Å²) in [7, 11) is 0. The molecule has 0 bridgehead atoms. The highest BCUT2D eigenvalue weighted by atomic mass is 35.5. The third-order valence-corrected chi connectivity index (χ3v) is 3.11. The Bertz CT molecular complexity index is 326. The van der Waals surface area contributed by atoms with Gasteiger partial charge in [0.15, 0.2) is 0 Å². The van der Waals surface area contributed by atoms with Gasteiger partial charge in [-0.15, -0.1) is 0 Å².